The summed E-state index contributed by atoms with van der Waals surface area (Å²) in [6, 6.07) is 11.9. The molecule has 1 heterocycles. The Morgan fingerprint density at radius 3 is 2.50 bits per heavy atom. The van der Waals surface area contributed by atoms with Crippen LogP contribution in [0.1, 0.15) is 4.88 Å². The van der Waals surface area contributed by atoms with E-state index in [4.69, 9.17) is 0 Å². The molecular weight excluding hydrogens is 294 g/mol. The minimum atomic E-state index is -3.55. The van der Waals surface area contributed by atoms with Crippen LogP contribution in [0.4, 0.5) is 0 Å². The molecule has 0 fully saturated rings. The van der Waals surface area contributed by atoms with Crippen molar-refractivity contribution < 1.29 is 13.2 Å². The van der Waals surface area contributed by atoms with Crippen molar-refractivity contribution in [2.24, 2.45) is 0 Å². The third-order valence-electron chi connectivity index (χ3n) is 2.70. The van der Waals surface area contributed by atoms with Crippen molar-refractivity contribution in [3.05, 3.63) is 52.7 Å². The maximum atomic E-state index is 12.0. The zero-order valence-electron chi connectivity index (χ0n) is 10.8. The fourth-order valence-corrected chi connectivity index (χ4v) is 3.61. The van der Waals surface area contributed by atoms with Crippen molar-refractivity contribution in [2.45, 2.75) is 11.3 Å². The van der Waals surface area contributed by atoms with Gasteiger partial charge in [-0.2, -0.15) is 0 Å². The summed E-state index contributed by atoms with van der Waals surface area (Å²) in [5.41, 5.74) is 0. The molecule has 2 aromatic rings. The Morgan fingerprint density at radius 1 is 1.10 bits per heavy atom. The van der Waals surface area contributed by atoms with E-state index >= 15 is 0 Å². The number of nitrogens with one attached hydrogen (secondary N) is 1. The highest BCUT2D eigenvalue weighted by Gasteiger charge is 2.18. The van der Waals surface area contributed by atoms with E-state index in [9.17, 15) is 13.2 Å². The second-order valence-corrected chi connectivity index (χ2v) is 7.27. The Balaban J connectivity index is 1.85. The first kappa shape index (κ1) is 14.7. The van der Waals surface area contributed by atoms with E-state index in [1.54, 1.807) is 29.5 Å². The van der Waals surface area contributed by atoms with Crippen molar-refractivity contribution in [3.8, 4) is 0 Å². The normalized spacial score (nSPS) is 11.2. The number of thiophene rings is 1. The summed E-state index contributed by atoms with van der Waals surface area (Å²) in [5.74, 6) is -0.980. The molecule has 0 aliphatic heterocycles. The number of hydrogen-bond acceptors (Lipinski definition) is 4. The van der Waals surface area contributed by atoms with Crippen molar-refractivity contribution >= 4 is 27.1 Å². The van der Waals surface area contributed by atoms with Gasteiger partial charge in [0, 0.05) is 11.4 Å². The first-order chi connectivity index (χ1) is 9.58. The molecule has 0 bridgehead atoms. The summed E-state index contributed by atoms with van der Waals surface area (Å²) in [6.45, 7) is 0.448. The highest BCUT2D eigenvalue weighted by molar-refractivity contribution is 7.92. The van der Waals surface area contributed by atoms with Crippen molar-refractivity contribution in [2.75, 3.05) is 12.3 Å². The third kappa shape index (κ3) is 4.18. The molecular formula is C14H15NO3S2. The van der Waals surface area contributed by atoms with E-state index in [0.29, 0.717) is 6.54 Å². The molecule has 0 aliphatic rings. The lowest BCUT2D eigenvalue weighted by Crippen LogP contribution is -2.31. The lowest BCUT2D eigenvalue weighted by atomic mass is 10.3. The van der Waals surface area contributed by atoms with Gasteiger partial charge in [0.1, 0.15) is 5.75 Å². The van der Waals surface area contributed by atoms with Gasteiger partial charge in [0.25, 0.3) is 0 Å². The monoisotopic (exact) mass is 309 g/mol. The molecule has 0 saturated carbocycles. The van der Waals surface area contributed by atoms with Gasteiger partial charge in [-0.1, -0.05) is 24.3 Å². The van der Waals surface area contributed by atoms with E-state index in [1.807, 2.05) is 17.5 Å². The summed E-state index contributed by atoms with van der Waals surface area (Å²) in [5, 5.41) is 4.60. The van der Waals surface area contributed by atoms with E-state index < -0.39 is 21.5 Å². The van der Waals surface area contributed by atoms with Crippen LogP contribution in [-0.2, 0) is 21.1 Å². The highest BCUT2D eigenvalue weighted by Crippen LogP contribution is 2.10. The summed E-state index contributed by atoms with van der Waals surface area (Å²) < 4.78 is 24.0. The van der Waals surface area contributed by atoms with Crippen LogP contribution in [0, 0.1) is 0 Å². The van der Waals surface area contributed by atoms with E-state index in [2.05, 4.69) is 5.32 Å². The van der Waals surface area contributed by atoms with Crippen molar-refractivity contribution in [3.63, 3.8) is 0 Å². The molecule has 106 valence electrons. The maximum absolute atomic E-state index is 12.0. The van der Waals surface area contributed by atoms with Gasteiger partial charge in [0.15, 0.2) is 9.84 Å². The molecule has 0 unspecified atom stereocenters. The largest absolute Gasteiger partial charge is 0.355 e. The summed E-state index contributed by atoms with van der Waals surface area (Å²) in [6.07, 6.45) is 0.717. The molecule has 1 aromatic heterocycles. The molecule has 0 radical (unpaired) electrons. The van der Waals surface area contributed by atoms with Gasteiger partial charge in [-0.25, -0.2) is 8.42 Å². The van der Waals surface area contributed by atoms with Crippen LogP contribution < -0.4 is 5.32 Å². The molecule has 0 saturated heterocycles. The van der Waals surface area contributed by atoms with Crippen LogP contribution >= 0.6 is 11.3 Å². The van der Waals surface area contributed by atoms with Crippen molar-refractivity contribution in [1.29, 1.82) is 0 Å². The van der Waals surface area contributed by atoms with Crippen LogP contribution in [0.15, 0.2) is 52.7 Å². The molecule has 2 rings (SSSR count). The second-order valence-electron chi connectivity index (χ2n) is 4.25. The smallest absolute Gasteiger partial charge is 0.235 e. The molecule has 6 heteroatoms. The number of hydrogen-bond donors (Lipinski definition) is 1. The zero-order valence-corrected chi connectivity index (χ0v) is 12.4. The Labute approximate surface area is 122 Å². The molecule has 20 heavy (non-hydrogen) atoms. The van der Waals surface area contributed by atoms with E-state index in [-0.39, 0.29) is 4.90 Å². The maximum Gasteiger partial charge on any atom is 0.235 e. The fraction of sp³-hybridized carbons (Fsp3) is 0.214. The second kappa shape index (κ2) is 6.67. The Morgan fingerprint density at radius 2 is 1.85 bits per heavy atom. The average molecular weight is 309 g/mol. The average Bonchev–Trinajstić information content (AvgIpc) is 2.92. The minimum absolute atomic E-state index is 0.174. The van der Waals surface area contributed by atoms with Crippen LogP contribution in [-0.4, -0.2) is 26.6 Å². The quantitative estimate of drug-likeness (QED) is 0.886. The Kier molecular flexibility index (Phi) is 4.92. The highest BCUT2D eigenvalue weighted by atomic mass is 32.2. The number of rotatable bonds is 6. The molecule has 1 aromatic carbocycles. The van der Waals surface area contributed by atoms with Crippen LogP contribution in [0.25, 0.3) is 0 Å². The minimum Gasteiger partial charge on any atom is -0.355 e. The van der Waals surface area contributed by atoms with Crippen molar-refractivity contribution in [1.82, 2.24) is 5.32 Å². The number of amides is 1. The van der Waals surface area contributed by atoms with Crippen LogP contribution in [0.2, 0.25) is 0 Å². The van der Waals surface area contributed by atoms with Gasteiger partial charge in [-0.15, -0.1) is 11.3 Å². The number of carbonyl (C=O) groups excluding carboxylic acids is 1. The fourth-order valence-electron chi connectivity index (χ4n) is 1.71. The Bertz CT molecular complexity index is 649. The molecule has 0 aliphatic carbocycles. The standard InChI is InChI=1S/C14H15NO3S2/c16-14(15-9-8-12-5-4-10-19-12)11-20(17,18)13-6-2-1-3-7-13/h1-7,10H,8-9,11H2,(H,15,16). The van der Waals surface area contributed by atoms with Crippen LogP contribution in [0.5, 0.6) is 0 Å². The first-order valence-corrected chi connectivity index (χ1v) is 8.68. The molecule has 1 N–H and O–H groups in total. The van der Waals surface area contributed by atoms with Gasteiger partial charge in [-0.05, 0) is 30.0 Å². The van der Waals surface area contributed by atoms with Gasteiger partial charge in [0.05, 0.1) is 4.90 Å². The summed E-state index contributed by atoms with van der Waals surface area (Å²) in [7, 11) is -3.55. The van der Waals surface area contributed by atoms with Crippen LogP contribution in [0.3, 0.4) is 0 Å². The topological polar surface area (TPSA) is 63.2 Å². The number of sulfone groups is 1. The number of benzene rings is 1. The van der Waals surface area contributed by atoms with E-state index in [1.165, 1.54) is 12.1 Å². The lowest BCUT2D eigenvalue weighted by molar-refractivity contribution is -0.118. The third-order valence-corrected chi connectivity index (χ3v) is 5.27. The first-order valence-electron chi connectivity index (χ1n) is 6.15. The van der Waals surface area contributed by atoms with Gasteiger partial charge in [-0.3, -0.25) is 4.79 Å². The molecule has 1 amide bonds. The zero-order chi connectivity index (χ0) is 14.4. The SMILES string of the molecule is O=C(CS(=O)(=O)c1ccccc1)NCCc1cccs1. The lowest BCUT2D eigenvalue weighted by Gasteiger charge is -2.05. The predicted molar refractivity (Wildman–Crippen MR) is 79.5 cm³/mol. The van der Waals surface area contributed by atoms with Gasteiger partial charge >= 0.3 is 0 Å². The Hall–Kier alpha value is -1.66. The van der Waals surface area contributed by atoms with E-state index in [0.717, 1.165) is 11.3 Å². The molecule has 0 spiro atoms. The van der Waals surface area contributed by atoms with Gasteiger partial charge < -0.3 is 5.32 Å². The molecule has 0 atom stereocenters. The molecule has 4 nitrogen and oxygen atoms in total. The predicted octanol–water partition coefficient (Wildman–Crippen LogP) is 1.88. The summed E-state index contributed by atoms with van der Waals surface area (Å²) in [4.78, 5) is 13.0. The van der Waals surface area contributed by atoms with Gasteiger partial charge in [0.2, 0.25) is 5.91 Å². The summed E-state index contributed by atoms with van der Waals surface area (Å²) >= 11 is 1.62. The number of carbonyl (C=O) groups is 1.